The summed E-state index contributed by atoms with van der Waals surface area (Å²) in [5.74, 6) is 0.686. The third-order valence-electron chi connectivity index (χ3n) is 6.61. The zero-order valence-electron chi connectivity index (χ0n) is 19.1. The molecular formula is C23H27N9O2. The Labute approximate surface area is 196 Å². The summed E-state index contributed by atoms with van der Waals surface area (Å²) in [6.07, 6.45) is 3.45. The van der Waals surface area contributed by atoms with Crippen LogP contribution in [-0.4, -0.2) is 105 Å². The van der Waals surface area contributed by atoms with Gasteiger partial charge in [0.15, 0.2) is 5.65 Å². The second-order valence-corrected chi connectivity index (χ2v) is 8.83. The van der Waals surface area contributed by atoms with E-state index in [0.29, 0.717) is 24.8 Å². The van der Waals surface area contributed by atoms with Gasteiger partial charge in [0.2, 0.25) is 11.9 Å². The third-order valence-corrected chi connectivity index (χ3v) is 6.61. The van der Waals surface area contributed by atoms with Gasteiger partial charge in [-0.3, -0.25) is 4.79 Å². The molecule has 4 aromatic rings. The molecule has 0 saturated carbocycles. The number of hydrogen-bond acceptors (Lipinski definition) is 8. The lowest BCUT2D eigenvalue weighted by Crippen LogP contribution is -2.48. The van der Waals surface area contributed by atoms with Crippen molar-refractivity contribution in [2.75, 3.05) is 64.4 Å². The summed E-state index contributed by atoms with van der Waals surface area (Å²) < 4.78 is 7.23. The van der Waals surface area contributed by atoms with Crippen molar-refractivity contribution < 1.29 is 9.53 Å². The molecule has 1 amide bonds. The van der Waals surface area contributed by atoms with E-state index in [4.69, 9.17) is 14.7 Å². The first kappa shape index (κ1) is 21.0. The number of rotatable bonds is 4. The average molecular weight is 462 g/mol. The molecule has 11 nitrogen and oxygen atoms in total. The number of fused-ring (bicyclic) bond motifs is 2. The zero-order valence-corrected chi connectivity index (χ0v) is 19.1. The molecule has 34 heavy (non-hydrogen) atoms. The van der Waals surface area contributed by atoms with Gasteiger partial charge < -0.3 is 24.4 Å². The minimum Gasteiger partial charge on any atom is -0.378 e. The number of carbonyl (C=O) groups is 1. The summed E-state index contributed by atoms with van der Waals surface area (Å²) >= 11 is 0. The van der Waals surface area contributed by atoms with Gasteiger partial charge in [-0.25, -0.2) is 14.6 Å². The van der Waals surface area contributed by atoms with Gasteiger partial charge >= 0.3 is 0 Å². The van der Waals surface area contributed by atoms with Crippen molar-refractivity contribution in [1.82, 2.24) is 39.5 Å². The molecule has 1 aromatic carbocycles. The van der Waals surface area contributed by atoms with E-state index in [1.807, 2.05) is 23.1 Å². The summed E-state index contributed by atoms with van der Waals surface area (Å²) in [5, 5.41) is 5.38. The van der Waals surface area contributed by atoms with Crippen molar-refractivity contribution >= 4 is 33.9 Å². The highest BCUT2D eigenvalue weighted by atomic mass is 16.5. The minimum atomic E-state index is 0.0594. The number of nitrogens with zero attached hydrogens (tertiary/aromatic N) is 8. The number of amides is 1. The van der Waals surface area contributed by atoms with E-state index in [9.17, 15) is 4.79 Å². The van der Waals surface area contributed by atoms with Crippen molar-refractivity contribution in [1.29, 1.82) is 0 Å². The van der Waals surface area contributed by atoms with Crippen molar-refractivity contribution in [3.63, 3.8) is 0 Å². The van der Waals surface area contributed by atoms with Crippen LogP contribution in [0, 0.1) is 0 Å². The Kier molecular flexibility index (Phi) is 5.34. The lowest BCUT2D eigenvalue weighted by Gasteiger charge is -2.32. The van der Waals surface area contributed by atoms with Crippen LogP contribution >= 0.6 is 0 Å². The number of likely N-dealkylation sites (N-methyl/N-ethyl adjacent to an activating group) is 1. The number of nitrogens with one attached hydrogen (secondary N) is 1. The fourth-order valence-corrected chi connectivity index (χ4v) is 4.55. The second kappa shape index (κ2) is 8.65. The largest absolute Gasteiger partial charge is 0.378 e. The van der Waals surface area contributed by atoms with E-state index in [0.717, 1.165) is 66.9 Å². The molecule has 0 radical (unpaired) electrons. The molecule has 0 unspecified atom stereocenters. The highest BCUT2D eigenvalue weighted by Crippen LogP contribution is 2.30. The number of piperazine rings is 1. The fraction of sp³-hybridized carbons (Fsp3) is 0.435. The Morgan fingerprint density at radius 2 is 1.91 bits per heavy atom. The summed E-state index contributed by atoms with van der Waals surface area (Å²) in [4.78, 5) is 36.6. The first-order valence-electron chi connectivity index (χ1n) is 11.6. The first-order valence-corrected chi connectivity index (χ1v) is 11.6. The van der Waals surface area contributed by atoms with E-state index < -0.39 is 0 Å². The normalized spacial score (nSPS) is 17.7. The Hall–Kier alpha value is -3.57. The number of anilines is 1. The monoisotopic (exact) mass is 461 g/mol. The summed E-state index contributed by atoms with van der Waals surface area (Å²) in [6.45, 7) is 6.10. The van der Waals surface area contributed by atoms with E-state index in [1.54, 1.807) is 17.2 Å². The average Bonchev–Trinajstić information content (AvgIpc) is 3.51. The molecular weight excluding hydrogens is 434 g/mol. The molecule has 11 heteroatoms. The van der Waals surface area contributed by atoms with E-state index in [1.165, 1.54) is 0 Å². The van der Waals surface area contributed by atoms with Crippen LogP contribution in [0.2, 0.25) is 0 Å². The first-order chi connectivity index (χ1) is 16.7. The molecule has 176 valence electrons. The van der Waals surface area contributed by atoms with Gasteiger partial charge in [-0.2, -0.15) is 10.1 Å². The topological polar surface area (TPSA) is 108 Å². The molecule has 5 heterocycles. The lowest BCUT2D eigenvalue weighted by atomic mass is 10.1. The number of ether oxygens (including phenoxy) is 1. The standard InChI is InChI=1S/C23H27N9O2/c1-29-4-6-30(7-5-29)20(33)14-32-22-17(13-26-32)21(16-2-3-18-19(12-16)25-15-24-18)27-23(28-22)31-8-10-34-11-9-31/h2-3,12-13,15H,4-11,14H2,1H3,(H,24,25). The Morgan fingerprint density at radius 1 is 1.09 bits per heavy atom. The predicted molar refractivity (Wildman–Crippen MR) is 128 cm³/mol. The molecule has 3 aromatic heterocycles. The van der Waals surface area contributed by atoms with Gasteiger partial charge in [0.25, 0.3) is 0 Å². The van der Waals surface area contributed by atoms with Crippen LogP contribution in [0.25, 0.3) is 33.3 Å². The highest BCUT2D eigenvalue weighted by molar-refractivity contribution is 5.94. The molecule has 0 atom stereocenters. The Morgan fingerprint density at radius 3 is 2.74 bits per heavy atom. The van der Waals surface area contributed by atoms with Crippen LogP contribution in [-0.2, 0) is 16.1 Å². The van der Waals surface area contributed by atoms with E-state index in [2.05, 4.69) is 31.9 Å². The molecule has 1 N–H and O–H groups in total. The Bertz CT molecular complexity index is 1330. The van der Waals surface area contributed by atoms with Crippen molar-refractivity contribution in [2.24, 2.45) is 0 Å². The number of aromatic nitrogens is 6. The SMILES string of the molecule is CN1CCN(C(=O)Cn2ncc3c(-c4ccc5[nH]cnc5c4)nc(N4CCOCC4)nc32)CC1. The van der Waals surface area contributed by atoms with Crippen molar-refractivity contribution in [2.45, 2.75) is 6.54 Å². The maximum atomic E-state index is 13.0. The summed E-state index contributed by atoms with van der Waals surface area (Å²) in [5.41, 5.74) is 4.22. The maximum Gasteiger partial charge on any atom is 0.244 e. The molecule has 0 bridgehead atoms. The van der Waals surface area contributed by atoms with Gasteiger partial charge in [0, 0.05) is 44.8 Å². The number of hydrogen-bond donors (Lipinski definition) is 1. The fourth-order valence-electron chi connectivity index (χ4n) is 4.55. The number of aromatic amines is 1. The molecule has 2 aliphatic heterocycles. The van der Waals surface area contributed by atoms with Crippen LogP contribution in [0.15, 0.2) is 30.7 Å². The minimum absolute atomic E-state index is 0.0594. The zero-order chi connectivity index (χ0) is 23.1. The number of morpholine rings is 1. The van der Waals surface area contributed by atoms with Crippen LogP contribution in [0.5, 0.6) is 0 Å². The molecule has 6 rings (SSSR count). The van der Waals surface area contributed by atoms with Crippen LogP contribution < -0.4 is 4.90 Å². The van der Waals surface area contributed by atoms with Gasteiger partial charge in [-0.1, -0.05) is 6.07 Å². The van der Waals surface area contributed by atoms with Gasteiger partial charge in [0.1, 0.15) is 6.54 Å². The maximum absolute atomic E-state index is 13.0. The van der Waals surface area contributed by atoms with Crippen LogP contribution in [0.4, 0.5) is 5.95 Å². The summed E-state index contributed by atoms with van der Waals surface area (Å²) in [7, 11) is 2.08. The predicted octanol–water partition coefficient (Wildman–Crippen LogP) is 0.980. The number of carbonyl (C=O) groups excluding carboxylic acids is 1. The van der Waals surface area contributed by atoms with E-state index in [-0.39, 0.29) is 12.5 Å². The van der Waals surface area contributed by atoms with Crippen LogP contribution in [0.1, 0.15) is 0 Å². The second-order valence-electron chi connectivity index (χ2n) is 8.83. The highest BCUT2D eigenvalue weighted by Gasteiger charge is 2.23. The quantitative estimate of drug-likeness (QED) is 0.479. The molecule has 0 spiro atoms. The molecule has 0 aliphatic carbocycles. The number of H-pyrrole nitrogens is 1. The van der Waals surface area contributed by atoms with Gasteiger partial charge in [-0.05, 0) is 19.2 Å². The smallest absolute Gasteiger partial charge is 0.244 e. The van der Waals surface area contributed by atoms with Crippen LogP contribution in [0.3, 0.4) is 0 Å². The lowest BCUT2D eigenvalue weighted by molar-refractivity contribution is -0.133. The van der Waals surface area contributed by atoms with E-state index >= 15 is 0 Å². The van der Waals surface area contributed by atoms with Gasteiger partial charge in [0.05, 0.1) is 47.9 Å². The number of benzene rings is 1. The van der Waals surface area contributed by atoms with Crippen molar-refractivity contribution in [3.05, 3.63) is 30.7 Å². The molecule has 2 fully saturated rings. The third kappa shape index (κ3) is 3.86. The number of imidazole rings is 1. The molecule has 2 aliphatic rings. The summed E-state index contributed by atoms with van der Waals surface area (Å²) in [6, 6.07) is 6.04. The Balaban J connectivity index is 1.41. The molecule has 2 saturated heterocycles. The van der Waals surface area contributed by atoms with Gasteiger partial charge in [-0.15, -0.1) is 0 Å². The van der Waals surface area contributed by atoms with Crippen molar-refractivity contribution in [3.8, 4) is 11.3 Å².